The van der Waals surface area contributed by atoms with E-state index in [9.17, 15) is 14.3 Å². The molecule has 0 saturated carbocycles. The molecule has 6 nitrogen and oxygen atoms in total. The number of allylic oxidation sites excluding steroid dienone is 1. The van der Waals surface area contributed by atoms with Gasteiger partial charge in [-0.25, -0.2) is 9.36 Å². The highest BCUT2D eigenvalue weighted by Gasteiger charge is 2.26. The Kier molecular flexibility index (Phi) is 18.6. The highest BCUT2D eigenvalue weighted by Crippen LogP contribution is 2.43. The van der Waals surface area contributed by atoms with Gasteiger partial charge in [0.2, 0.25) is 0 Å². The van der Waals surface area contributed by atoms with Crippen molar-refractivity contribution in [1.82, 2.24) is 0 Å². The van der Waals surface area contributed by atoms with Gasteiger partial charge in [0, 0.05) is 5.92 Å². The van der Waals surface area contributed by atoms with E-state index in [1.807, 2.05) is 32.1 Å². The summed E-state index contributed by atoms with van der Waals surface area (Å²) in [6.45, 7) is 6.01. The van der Waals surface area contributed by atoms with Crippen molar-refractivity contribution in [1.29, 1.82) is 0 Å². The lowest BCUT2D eigenvalue weighted by Gasteiger charge is -2.22. The molecular weight excluding hydrogens is 475 g/mol. The molecule has 0 aliphatic rings. The Morgan fingerprint density at radius 3 is 2.06 bits per heavy atom. The van der Waals surface area contributed by atoms with Crippen LogP contribution in [0.2, 0.25) is 0 Å². The van der Waals surface area contributed by atoms with E-state index in [1.165, 1.54) is 64.2 Å². The van der Waals surface area contributed by atoms with Gasteiger partial charge in [-0.05, 0) is 37.5 Å². The zero-order valence-corrected chi connectivity index (χ0v) is 23.6. The zero-order valence-electron chi connectivity index (χ0n) is 22.7. The normalized spacial score (nSPS) is 15.0. The molecule has 0 saturated heterocycles. The number of phosphoric acid groups is 1. The number of unbranched alkanes of at least 4 members (excludes halogenated alkanes) is 11. The van der Waals surface area contributed by atoms with E-state index in [1.54, 1.807) is 24.3 Å². The van der Waals surface area contributed by atoms with Crippen LogP contribution in [0.4, 0.5) is 0 Å². The number of hydrogen-bond donors (Lipinski definition) is 1. The molecule has 206 valence electrons. The van der Waals surface area contributed by atoms with Crippen molar-refractivity contribution in [2.45, 2.75) is 110 Å². The molecule has 0 aromatic heterocycles. The minimum Gasteiger partial charge on any atom is -0.454 e. The first-order valence-corrected chi connectivity index (χ1v) is 15.4. The Morgan fingerprint density at radius 2 is 1.47 bits per heavy atom. The molecule has 0 radical (unpaired) electrons. The average Bonchev–Trinajstić information content (AvgIpc) is 2.88. The molecule has 0 bridgehead atoms. The molecular formula is C29H49O6P. The maximum absolute atomic E-state index is 12.6. The quantitative estimate of drug-likeness (QED) is 0.0707. The lowest BCUT2D eigenvalue weighted by Crippen LogP contribution is -2.26. The van der Waals surface area contributed by atoms with Crippen LogP contribution in [0.25, 0.3) is 0 Å². The van der Waals surface area contributed by atoms with Gasteiger partial charge in [0.25, 0.3) is 0 Å². The Morgan fingerprint density at radius 1 is 0.889 bits per heavy atom. The highest BCUT2D eigenvalue weighted by atomic mass is 31.2. The summed E-state index contributed by atoms with van der Waals surface area (Å²) in [5.74, 6) is -0.752. The van der Waals surface area contributed by atoms with Crippen LogP contribution < -0.4 is 0 Å². The van der Waals surface area contributed by atoms with Crippen LogP contribution in [0.15, 0.2) is 42.5 Å². The molecule has 1 aromatic rings. The molecule has 0 amide bonds. The molecule has 1 unspecified atom stereocenters. The molecule has 3 atom stereocenters. The smallest absolute Gasteiger partial charge is 0.454 e. The number of phosphoric ester groups is 1. The molecule has 0 fully saturated rings. The van der Waals surface area contributed by atoms with E-state index in [2.05, 4.69) is 6.92 Å². The Balaban J connectivity index is 2.45. The van der Waals surface area contributed by atoms with Gasteiger partial charge in [0.05, 0.1) is 18.8 Å². The third-order valence-electron chi connectivity index (χ3n) is 6.07. The monoisotopic (exact) mass is 524 g/mol. The summed E-state index contributed by atoms with van der Waals surface area (Å²) in [6, 6.07) is 8.82. The van der Waals surface area contributed by atoms with Gasteiger partial charge in [-0.15, -0.1) is 0 Å². The van der Waals surface area contributed by atoms with Gasteiger partial charge < -0.3 is 9.63 Å². The predicted octanol–water partition coefficient (Wildman–Crippen LogP) is 8.65. The van der Waals surface area contributed by atoms with Gasteiger partial charge >= 0.3 is 13.8 Å². The second kappa shape index (κ2) is 20.6. The van der Waals surface area contributed by atoms with E-state index in [0.29, 0.717) is 12.0 Å². The van der Waals surface area contributed by atoms with Crippen molar-refractivity contribution >= 4 is 13.8 Å². The molecule has 0 heterocycles. The van der Waals surface area contributed by atoms with Gasteiger partial charge in [0.15, 0.2) is 0 Å². The number of carbonyl (C=O) groups is 1. The summed E-state index contributed by atoms with van der Waals surface area (Å²) >= 11 is 0. The lowest BCUT2D eigenvalue weighted by atomic mass is 10.0. The molecule has 1 aromatic carbocycles. The maximum Gasteiger partial charge on any atom is 0.472 e. The van der Waals surface area contributed by atoms with Crippen LogP contribution in [0, 0.1) is 5.92 Å². The SMILES string of the molecule is CCCCCCCCCCCCC/C=C/[C@@H](OC(=O)c1ccccc1)[C@@H](C)COP(=O)(O)OCCC. The fourth-order valence-corrected chi connectivity index (χ4v) is 4.73. The van der Waals surface area contributed by atoms with Gasteiger partial charge in [-0.3, -0.25) is 9.05 Å². The van der Waals surface area contributed by atoms with Crippen molar-refractivity contribution < 1.29 is 28.0 Å². The van der Waals surface area contributed by atoms with Crippen LogP contribution in [-0.4, -0.2) is 30.2 Å². The number of hydrogen-bond acceptors (Lipinski definition) is 5. The first kappa shape index (κ1) is 32.6. The predicted molar refractivity (Wildman–Crippen MR) is 147 cm³/mol. The van der Waals surface area contributed by atoms with Crippen molar-refractivity contribution in [2.24, 2.45) is 5.92 Å². The maximum atomic E-state index is 12.6. The van der Waals surface area contributed by atoms with E-state index in [-0.39, 0.29) is 19.1 Å². The number of carbonyl (C=O) groups excluding carboxylic acids is 1. The molecule has 7 heteroatoms. The van der Waals surface area contributed by atoms with E-state index in [0.717, 1.165) is 12.8 Å². The van der Waals surface area contributed by atoms with Crippen molar-refractivity contribution in [2.75, 3.05) is 13.2 Å². The van der Waals surface area contributed by atoms with Gasteiger partial charge in [-0.2, -0.15) is 0 Å². The minimum atomic E-state index is -4.12. The molecule has 0 aliphatic carbocycles. The van der Waals surface area contributed by atoms with Gasteiger partial charge in [0.1, 0.15) is 6.10 Å². The van der Waals surface area contributed by atoms with Crippen LogP contribution in [0.1, 0.15) is 115 Å². The van der Waals surface area contributed by atoms with Crippen molar-refractivity contribution in [3.8, 4) is 0 Å². The Labute approximate surface area is 219 Å². The first-order valence-electron chi connectivity index (χ1n) is 13.9. The third-order valence-corrected chi connectivity index (χ3v) is 7.06. The molecule has 1 N–H and O–H groups in total. The third kappa shape index (κ3) is 16.3. The second-order valence-electron chi connectivity index (χ2n) is 9.56. The minimum absolute atomic E-state index is 0.0625. The second-order valence-corrected chi connectivity index (χ2v) is 11.0. The van der Waals surface area contributed by atoms with E-state index >= 15 is 0 Å². The molecule has 36 heavy (non-hydrogen) atoms. The Bertz CT molecular complexity index is 751. The number of rotatable bonds is 22. The fraction of sp³-hybridized carbons (Fsp3) is 0.690. The summed E-state index contributed by atoms with van der Waals surface area (Å²) in [5, 5.41) is 0. The summed E-state index contributed by atoms with van der Waals surface area (Å²) in [7, 11) is -4.12. The standard InChI is InChI=1S/C29H49O6P/c1-4-6-7-8-9-10-11-12-13-14-15-16-20-23-28(35-29(30)27-21-18-17-19-22-27)26(3)25-34-36(31,32)33-24-5-2/h17-23,26,28H,4-16,24-25H2,1-3H3,(H,31,32)/b23-20+/t26-,28+/m0/s1. The largest absolute Gasteiger partial charge is 0.472 e. The van der Waals surface area contributed by atoms with Crippen LogP contribution in [0.5, 0.6) is 0 Å². The number of benzene rings is 1. The van der Waals surface area contributed by atoms with Gasteiger partial charge in [-0.1, -0.05) is 109 Å². The van der Waals surface area contributed by atoms with Crippen molar-refractivity contribution in [3.05, 3.63) is 48.0 Å². The van der Waals surface area contributed by atoms with Crippen LogP contribution in [-0.2, 0) is 18.3 Å². The lowest BCUT2D eigenvalue weighted by molar-refractivity contribution is 0.0210. The summed E-state index contributed by atoms with van der Waals surface area (Å²) < 4.78 is 27.8. The van der Waals surface area contributed by atoms with Crippen molar-refractivity contribution in [3.63, 3.8) is 0 Å². The number of esters is 1. The molecule has 0 spiro atoms. The summed E-state index contributed by atoms with van der Waals surface area (Å²) in [4.78, 5) is 22.4. The van der Waals surface area contributed by atoms with E-state index < -0.39 is 19.9 Å². The highest BCUT2D eigenvalue weighted by molar-refractivity contribution is 7.47. The summed E-state index contributed by atoms with van der Waals surface area (Å²) in [5.41, 5.74) is 0.466. The molecule has 0 aliphatic heterocycles. The topological polar surface area (TPSA) is 82.1 Å². The first-order chi connectivity index (χ1) is 17.4. The number of ether oxygens (including phenoxy) is 1. The molecule has 1 rings (SSSR count). The van der Waals surface area contributed by atoms with Crippen LogP contribution >= 0.6 is 7.82 Å². The summed E-state index contributed by atoms with van der Waals surface area (Å²) in [6.07, 6.45) is 19.1. The Hall–Kier alpha value is -1.46. The average molecular weight is 525 g/mol. The van der Waals surface area contributed by atoms with Crippen LogP contribution in [0.3, 0.4) is 0 Å². The zero-order chi connectivity index (χ0) is 26.5. The van der Waals surface area contributed by atoms with E-state index in [4.69, 9.17) is 13.8 Å². The fourth-order valence-electron chi connectivity index (χ4n) is 3.82.